The zero-order valence-electron chi connectivity index (χ0n) is 13.6. The summed E-state index contributed by atoms with van der Waals surface area (Å²) < 4.78 is 0. The van der Waals surface area contributed by atoms with E-state index in [2.05, 4.69) is 25.3 Å². The first-order valence-electron chi connectivity index (χ1n) is 7.70. The molecule has 7 heteroatoms. The number of carbonyl (C=O) groups excluding carboxylic acids is 1. The lowest BCUT2D eigenvalue weighted by molar-refractivity contribution is 0.0928. The van der Waals surface area contributed by atoms with Crippen molar-refractivity contribution >= 4 is 28.7 Å². The molecule has 3 aromatic rings. The molecule has 0 radical (unpaired) electrons. The number of aromatic nitrogens is 4. The highest BCUT2D eigenvalue weighted by Gasteiger charge is 2.19. The van der Waals surface area contributed by atoms with Gasteiger partial charge < -0.3 is 10.3 Å². The molecular weight excluding hydrogens is 322 g/mol. The summed E-state index contributed by atoms with van der Waals surface area (Å²) >= 11 is 1.74. The number of imidazole rings is 1. The molecule has 0 fully saturated rings. The maximum Gasteiger partial charge on any atom is 0.272 e. The monoisotopic (exact) mass is 341 g/mol. The average molecular weight is 341 g/mol. The molecule has 124 valence electrons. The predicted molar refractivity (Wildman–Crippen MR) is 96.1 cm³/mol. The van der Waals surface area contributed by atoms with Crippen LogP contribution in [0.15, 0.2) is 36.7 Å². The molecule has 0 aliphatic heterocycles. The Morgan fingerprint density at radius 1 is 1.29 bits per heavy atom. The molecule has 2 N–H and O–H groups in total. The van der Waals surface area contributed by atoms with Crippen molar-refractivity contribution in [2.24, 2.45) is 0 Å². The fourth-order valence-corrected chi connectivity index (χ4v) is 2.86. The van der Waals surface area contributed by atoms with Crippen LogP contribution >= 0.6 is 11.8 Å². The van der Waals surface area contributed by atoms with E-state index in [0.29, 0.717) is 5.69 Å². The van der Waals surface area contributed by atoms with Crippen molar-refractivity contribution < 1.29 is 4.79 Å². The number of hydrogen-bond acceptors (Lipinski definition) is 5. The molecule has 1 aromatic carbocycles. The smallest absolute Gasteiger partial charge is 0.272 e. The SMILES string of the molecule is CSCCC(NC(=O)c1cnc(C)cn1)c1nc2ccccc2[nH]1. The molecule has 1 unspecified atom stereocenters. The van der Waals surface area contributed by atoms with Gasteiger partial charge in [-0.1, -0.05) is 12.1 Å². The van der Waals surface area contributed by atoms with Gasteiger partial charge >= 0.3 is 0 Å². The van der Waals surface area contributed by atoms with Crippen LogP contribution in [-0.2, 0) is 0 Å². The van der Waals surface area contributed by atoms with Crippen LogP contribution in [-0.4, -0.2) is 37.9 Å². The van der Waals surface area contributed by atoms with E-state index >= 15 is 0 Å². The van der Waals surface area contributed by atoms with Gasteiger partial charge in [-0.3, -0.25) is 9.78 Å². The second-order valence-corrected chi connectivity index (χ2v) is 6.48. The summed E-state index contributed by atoms with van der Waals surface area (Å²) in [6.07, 6.45) is 5.91. The minimum atomic E-state index is -0.242. The Morgan fingerprint density at radius 3 is 2.83 bits per heavy atom. The Hall–Kier alpha value is -2.41. The van der Waals surface area contributed by atoms with Crippen LogP contribution in [0.3, 0.4) is 0 Å². The third-order valence-corrected chi connectivity index (χ3v) is 4.31. The molecule has 0 saturated heterocycles. The number of thioether (sulfide) groups is 1. The first kappa shape index (κ1) is 16.4. The number of para-hydroxylation sites is 2. The van der Waals surface area contributed by atoms with E-state index in [1.807, 2.05) is 37.4 Å². The lowest BCUT2D eigenvalue weighted by atomic mass is 10.2. The normalized spacial score (nSPS) is 12.2. The quantitative estimate of drug-likeness (QED) is 0.720. The van der Waals surface area contributed by atoms with Crippen molar-refractivity contribution in [3.63, 3.8) is 0 Å². The van der Waals surface area contributed by atoms with Gasteiger partial charge in [0.15, 0.2) is 0 Å². The Bertz CT molecular complexity index is 797. The highest BCUT2D eigenvalue weighted by atomic mass is 32.2. The van der Waals surface area contributed by atoms with Gasteiger partial charge in [-0.05, 0) is 37.5 Å². The van der Waals surface area contributed by atoms with Gasteiger partial charge in [-0.2, -0.15) is 11.8 Å². The predicted octanol–water partition coefficient (Wildman–Crippen LogP) is 2.89. The number of aryl methyl sites for hydroxylation is 1. The number of fused-ring (bicyclic) bond motifs is 1. The summed E-state index contributed by atoms with van der Waals surface area (Å²) in [5, 5.41) is 3.02. The number of H-pyrrole nitrogens is 1. The molecule has 2 aromatic heterocycles. The molecule has 0 spiro atoms. The van der Waals surface area contributed by atoms with E-state index in [-0.39, 0.29) is 11.9 Å². The number of benzene rings is 1. The molecule has 1 amide bonds. The summed E-state index contributed by atoms with van der Waals surface area (Å²) in [6.45, 7) is 1.84. The topological polar surface area (TPSA) is 83.6 Å². The second-order valence-electron chi connectivity index (χ2n) is 5.49. The standard InChI is InChI=1S/C17H19N5OS/c1-11-9-19-15(10-18-11)17(23)22-14(7-8-24-2)16-20-12-5-3-4-6-13(12)21-16/h3-6,9-10,14H,7-8H2,1-2H3,(H,20,21)(H,22,23). The largest absolute Gasteiger partial charge is 0.341 e. The number of carbonyl (C=O) groups is 1. The number of amides is 1. The van der Waals surface area contributed by atoms with Crippen LogP contribution in [0.5, 0.6) is 0 Å². The van der Waals surface area contributed by atoms with Crippen molar-refractivity contribution in [1.29, 1.82) is 0 Å². The molecule has 0 bridgehead atoms. The van der Waals surface area contributed by atoms with Crippen molar-refractivity contribution in [3.05, 3.63) is 53.9 Å². The van der Waals surface area contributed by atoms with Crippen LogP contribution in [0, 0.1) is 6.92 Å². The van der Waals surface area contributed by atoms with Gasteiger partial charge in [0.25, 0.3) is 5.91 Å². The zero-order valence-corrected chi connectivity index (χ0v) is 14.4. The number of hydrogen-bond donors (Lipinski definition) is 2. The average Bonchev–Trinajstić information content (AvgIpc) is 3.03. The summed E-state index contributed by atoms with van der Waals surface area (Å²) in [6, 6.07) is 7.64. The molecule has 0 aliphatic carbocycles. The molecule has 1 atom stereocenters. The van der Waals surface area contributed by atoms with Crippen molar-refractivity contribution in [3.8, 4) is 0 Å². The Morgan fingerprint density at radius 2 is 2.12 bits per heavy atom. The van der Waals surface area contributed by atoms with Gasteiger partial charge in [-0.15, -0.1) is 0 Å². The molecule has 2 heterocycles. The number of rotatable bonds is 6. The first-order valence-corrected chi connectivity index (χ1v) is 9.10. The minimum Gasteiger partial charge on any atom is -0.341 e. The maximum absolute atomic E-state index is 12.5. The van der Waals surface area contributed by atoms with Crippen molar-refractivity contribution in [1.82, 2.24) is 25.3 Å². The fourth-order valence-electron chi connectivity index (χ4n) is 2.39. The van der Waals surface area contributed by atoms with Gasteiger partial charge in [-0.25, -0.2) is 9.97 Å². The highest BCUT2D eigenvalue weighted by Crippen LogP contribution is 2.20. The number of nitrogens with zero attached hydrogens (tertiary/aromatic N) is 3. The van der Waals surface area contributed by atoms with E-state index in [9.17, 15) is 4.79 Å². The van der Waals surface area contributed by atoms with Crippen LogP contribution in [0.4, 0.5) is 0 Å². The Labute approximate surface area is 144 Å². The van der Waals surface area contributed by atoms with Crippen LogP contribution < -0.4 is 5.32 Å². The van der Waals surface area contributed by atoms with E-state index in [1.165, 1.54) is 6.20 Å². The zero-order chi connectivity index (χ0) is 16.9. The van der Waals surface area contributed by atoms with Gasteiger partial charge in [0.05, 0.1) is 29.0 Å². The molecule has 24 heavy (non-hydrogen) atoms. The van der Waals surface area contributed by atoms with Crippen molar-refractivity contribution in [2.45, 2.75) is 19.4 Å². The van der Waals surface area contributed by atoms with Crippen molar-refractivity contribution in [2.75, 3.05) is 12.0 Å². The van der Waals surface area contributed by atoms with E-state index < -0.39 is 0 Å². The van der Waals surface area contributed by atoms with Crippen LogP contribution in [0.1, 0.15) is 34.5 Å². The van der Waals surface area contributed by atoms with Gasteiger partial charge in [0.2, 0.25) is 0 Å². The van der Waals surface area contributed by atoms with Gasteiger partial charge in [0.1, 0.15) is 11.5 Å². The van der Waals surface area contributed by atoms with E-state index in [1.54, 1.807) is 18.0 Å². The number of nitrogens with one attached hydrogen (secondary N) is 2. The Balaban J connectivity index is 1.83. The lowest BCUT2D eigenvalue weighted by Crippen LogP contribution is -2.30. The molecule has 3 rings (SSSR count). The molecular formula is C17H19N5OS. The molecule has 6 nitrogen and oxygen atoms in total. The van der Waals surface area contributed by atoms with Crippen LogP contribution in [0.2, 0.25) is 0 Å². The maximum atomic E-state index is 12.5. The Kier molecular flexibility index (Phi) is 5.10. The van der Waals surface area contributed by atoms with E-state index in [0.717, 1.165) is 34.7 Å². The fraction of sp³-hybridized carbons (Fsp3) is 0.294. The van der Waals surface area contributed by atoms with E-state index in [4.69, 9.17) is 0 Å². The lowest BCUT2D eigenvalue weighted by Gasteiger charge is -2.16. The summed E-state index contributed by atoms with van der Waals surface area (Å²) in [5.74, 6) is 1.44. The molecule has 0 aliphatic rings. The minimum absolute atomic E-state index is 0.194. The third-order valence-electron chi connectivity index (χ3n) is 3.67. The first-order chi connectivity index (χ1) is 11.7. The molecule has 0 saturated carbocycles. The second kappa shape index (κ2) is 7.44. The summed E-state index contributed by atoms with van der Waals surface area (Å²) in [4.78, 5) is 28.6. The summed E-state index contributed by atoms with van der Waals surface area (Å²) in [5.41, 5.74) is 2.95. The highest BCUT2D eigenvalue weighted by molar-refractivity contribution is 7.98. The van der Waals surface area contributed by atoms with Crippen LogP contribution in [0.25, 0.3) is 11.0 Å². The third kappa shape index (κ3) is 3.73. The summed E-state index contributed by atoms with van der Waals surface area (Å²) in [7, 11) is 0. The van der Waals surface area contributed by atoms with Gasteiger partial charge in [0, 0.05) is 6.20 Å². The number of aromatic amines is 1.